The summed E-state index contributed by atoms with van der Waals surface area (Å²) in [5.74, 6) is 0.232. The first kappa shape index (κ1) is 22.5. The Hall–Kier alpha value is -2.19. The second-order valence-corrected chi connectivity index (χ2v) is 9.73. The molecular formula is C22H27F2NO4S. The van der Waals surface area contributed by atoms with E-state index in [2.05, 4.69) is 9.64 Å². The molecule has 0 amide bonds. The third-order valence-electron chi connectivity index (χ3n) is 5.22. The monoisotopic (exact) mass is 439 g/mol. The van der Waals surface area contributed by atoms with Gasteiger partial charge in [0.2, 0.25) is 0 Å². The topological polar surface area (TPSA) is 55.8 Å². The first-order valence-electron chi connectivity index (χ1n) is 9.85. The molecule has 1 aliphatic rings. The summed E-state index contributed by atoms with van der Waals surface area (Å²) in [7, 11) is -2.01. The van der Waals surface area contributed by atoms with E-state index < -0.39 is 16.4 Å². The summed E-state index contributed by atoms with van der Waals surface area (Å²) in [4.78, 5) is 2.51. The van der Waals surface area contributed by atoms with Gasteiger partial charge in [0.15, 0.2) is 21.3 Å². The third-order valence-corrected chi connectivity index (χ3v) is 7.05. The van der Waals surface area contributed by atoms with Crippen LogP contribution in [0.1, 0.15) is 29.5 Å². The molecule has 0 unspecified atom stereocenters. The average Bonchev–Trinajstić information content (AvgIpc) is 3.52. The number of nitrogens with zero attached hydrogens (tertiary/aromatic N) is 1. The number of ether oxygens (including phenoxy) is 2. The summed E-state index contributed by atoms with van der Waals surface area (Å²) < 4.78 is 60.5. The van der Waals surface area contributed by atoms with E-state index in [1.165, 1.54) is 13.2 Å². The molecule has 8 heteroatoms. The Morgan fingerprint density at radius 2 is 1.83 bits per heavy atom. The van der Waals surface area contributed by atoms with Crippen LogP contribution in [0.5, 0.6) is 11.5 Å². The molecule has 0 radical (unpaired) electrons. The minimum Gasteiger partial charge on any atom is -0.493 e. The Kier molecular flexibility index (Phi) is 6.98. The van der Waals surface area contributed by atoms with E-state index in [1.807, 2.05) is 19.1 Å². The van der Waals surface area contributed by atoms with Crippen molar-refractivity contribution in [2.45, 2.75) is 50.8 Å². The minimum atomic E-state index is -3.41. The molecule has 0 aliphatic heterocycles. The summed E-state index contributed by atoms with van der Waals surface area (Å²) in [6, 6.07) is 10.6. The number of hydrogen-bond acceptors (Lipinski definition) is 5. The van der Waals surface area contributed by atoms with Gasteiger partial charge in [-0.25, -0.2) is 8.42 Å². The molecule has 0 heterocycles. The Morgan fingerprint density at radius 1 is 1.10 bits per heavy atom. The van der Waals surface area contributed by atoms with Gasteiger partial charge in [0.1, 0.15) is 0 Å². The lowest BCUT2D eigenvalue weighted by atomic mass is 10.2. The molecular weight excluding hydrogens is 412 g/mol. The largest absolute Gasteiger partial charge is 0.493 e. The molecule has 1 aliphatic carbocycles. The van der Waals surface area contributed by atoms with E-state index in [1.54, 1.807) is 25.1 Å². The molecule has 2 aromatic rings. The maximum atomic E-state index is 12.9. The second kappa shape index (κ2) is 9.31. The van der Waals surface area contributed by atoms with Gasteiger partial charge < -0.3 is 9.47 Å². The van der Waals surface area contributed by atoms with Crippen LogP contribution in [0.3, 0.4) is 0 Å². The molecule has 0 aromatic heterocycles. The summed E-state index contributed by atoms with van der Waals surface area (Å²) in [6.45, 7) is 1.67. The van der Waals surface area contributed by atoms with Gasteiger partial charge in [-0.05, 0) is 61.6 Å². The van der Waals surface area contributed by atoms with E-state index in [9.17, 15) is 17.2 Å². The smallest absolute Gasteiger partial charge is 0.387 e. The zero-order valence-corrected chi connectivity index (χ0v) is 18.2. The lowest BCUT2D eigenvalue weighted by Crippen LogP contribution is -2.31. The van der Waals surface area contributed by atoms with Crippen molar-refractivity contribution >= 4 is 9.84 Å². The fourth-order valence-electron chi connectivity index (χ4n) is 3.46. The normalized spacial score (nSPS) is 14.4. The zero-order chi connectivity index (χ0) is 21.9. The predicted molar refractivity (Wildman–Crippen MR) is 111 cm³/mol. The molecule has 2 aromatic carbocycles. The highest BCUT2D eigenvalue weighted by atomic mass is 32.2. The first-order chi connectivity index (χ1) is 14.2. The van der Waals surface area contributed by atoms with Crippen LogP contribution in [0.15, 0.2) is 41.3 Å². The number of methoxy groups -OCH3 is 1. The van der Waals surface area contributed by atoms with Crippen LogP contribution in [0.4, 0.5) is 8.78 Å². The molecule has 3 rings (SSSR count). The Bertz CT molecular complexity index is 991. The predicted octanol–water partition coefficient (Wildman–Crippen LogP) is 4.35. The summed E-state index contributed by atoms with van der Waals surface area (Å²) in [5, 5.41) is 0. The highest BCUT2D eigenvalue weighted by Crippen LogP contribution is 2.33. The highest BCUT2D eigenvalue weighted by Gasteiger charge is 2.30. The molecule has 0 spiro atoms. The second-order valence-electron chi connectivity index (χ2n) is 7.65. The number of sulfone groups is 1. The van der Waals surface area contributed by atoms with Crippen molar-refractivity contribution in [2.75, 3.05) is 19.4 Å². The van der Waals surface area contributed by atoms with Crippen LogP contribution >= 0.6 is 0 Å². The summed E-state index contributed by atoms with van der Waals surface area (Å²) in [5.41, 5.74) is 2.51. The fraction of sp³-hybridized carbons (Fsp3) is 0.455. The summed E-state index contributed by atoms with van der Waals surface area (Å²) in [6.07, 6.45) is 2.04. The van der Waals surface area contributed by atoms with E-state index in [0.717, 1.165) is 29.5 Å². The molecule has 5 nitrogen and oxygen atoms in total. The Labute approximate surface area is 176 Å². The number of aryl methyl sites for hydroxylation is 2. The van der Waals surface area contributed by atoms with Crippen molar-refractivity contribution in [1.82, 2.24) is 4.90 Å². The Balaban J connectivity index is 1.72. The van der Waals surface area contributed by atoms with E-state index in [-0.39, 0.29) is 17.3 Å². The van der Waals surface area contributed by atoms with Crippen LogP contribution in [-0.2, 0) is 16.4 Å². The standard InChI is InChI=1S/C22H27F2NO4S/c1-15-4-5-16(2)21(12-15)30(26,27)11-10-25(18-7-8-18)14-17-6-9-19(29-22(23)24)20(13-17)28-3/h4-6,9,12-13,18,22H,7-8,10-11,14H2,1-3H3. The van der Waals surface area contributed by atoms with Crippen molar-refractivity contribution < 1.29 is 26.7 Å². The number of hydrogen-bond donors (Lipinski definition) is 0. The maximum absolute atomic E-state index is 12.9. The van der Waals surface area contributed by atoms with Crippen LogP contribution in [0.25, 0.3) is 0 Å². The SMILES string of the molecule is COc1cc(CN(CCS(=O)(=O)c2cc(C)ccc2C)C2CC2)ccc1OC(F)F. The van der Waals surface area contributed by atoms with Crippen molar-refractivity contribution in [3.05, 3.63) is 53.1 Å². The lowest BCUT2D eigenvalue weighted by Gasteiger charge is -2.23. The molecule has 164 valence electrons. The number of halogens is 2. The molecule has 0 atom stereocenters. The van der Waals surface area contributed by atoms with Crippen LogP contribution in [0, 0.1) is 13.8 Å². The van der Waals surface area contributed by atoms with E-state index in [0.29, 0.717) is 24.0 Å². The van der Waals surface area contributed by atoms with Gasteiger partial charge in [-0.3, -0.25) is 4.90 Å². The van der Waals surface area contributed by atoms with Gasteiger partial charge in [0, 0.05) is 19.1 Å². The van der Waals surface area contributed by atoms with Crippen molar-refractivity contribution in [1.29, 1.82) is 0 Å². The van der Waals surface area contributed by atoms with E-state index in [4.69, 9.17) is 4.74 Å². The molecule has 30 heavy (non-hydrogen) atoms. The maximum Gasteiger partial charge on any atom is 0.387 e. The average molecular weight is 440 g/mol. The van der Waals surface area contributed by atoms with Crippen LogP contribution in [0.2, 0.25) is 0 Å². The third kappa shape index (κ3) is 5.70. The molecule has 0 saturated heterocycles. The van der Waals surface area contributed by atoms with Gasteiger partial charge in [-0.1, -0.05) is 18.2 Å². The Morgan fingerprint density at radius 3 is 2.47 bits per heavy atom. The summed E-state index contributed by atoms with van der Waals surface area (Å²) >= 11 is 0. The van der Waals surface area contributed by atoms with Gasteiger partial charge in [-0.2, -0.15) is 8.78 Å². The van der Waals surface area contributed by atoms with Gasteiger partial charge in [0.05, 0.1) is 17.8 Å². The van der Waals surface area contributed by atoms with Gasteiger partial charge in [-0.15, -0.1) is 0 Å². The molecule has 1 fully saturated rings. The van der Waals surface area contributed by atoms with E-state index >= 15 is 0 Å². The fourth-order valence-corrected chi connectivity index (χ4v) is 5.08. The molecule has 0 N–H and O–H groups in total. The van der Waals surface area contributed by atoms with Crippen LogP contribution in [-0.4, -0.2) is 45.4 Å². The number of rotatable bonds is 10. The minimum absolute atomic E-state index is 0.0216. The lowest BCUT2D eigenvalue weighted by molar-refractivity contribution is -0.0512. The number of benzene rings is 2. The van der Waals surface area contributed by atoms with Gasteiger partial charge in [0.25, 0.3) is 0 Å². The van der Waals surface area contributed by atoms with Crippen molar-refractivity contribution in [3.8, 4) is 11.5 Å². The first-order valence-corrected chi connectivity index (χ1v) is 11.5. The number of alkyl halides is 2. The van der Waals surface area contributed by atoms with Gasteiger partial charge >= 0.3 is 6.61 Å². The zero-order valence-electron chi connectivity index (χ0n) is 17.4. The van der Waals surface area contributed by atoms with Crippen molar-refractivity contribution in [3.63, 3.8) is 0 Å². The molecule has 0 bridgehead atoms. The quantitative estimate of drug-likeness (QED) is 0.551. The highest BCUT2D eigenvalue weighted by molar-refractivity contribution is 7.91. The molecule has 1 saturated carbocycles. The van der Waals surface area contributed by atoms with Crippen molar-refractivity contribution in [2.24, 2.45) is 0 Å². The van der Waals surface area contributed by atoms with Crippen LogP contribution < -0.4 is 9.47 Å².